The van der Waals surface area contributed by atoms with Crippen molar-refractivity contribution in [3.63, 3.8) is 0 Å². The molecule has 1 aromatic heterocycles. The van der Waals surface area contributed by atoms with Crippen LogP contribution in [0, 0.1) is 0 Å². The number of hydrogen-bond acceptors (Lipinski definition) is 1. The summed E-state index contributed by atoms with van der Waals surface area (Å²) >= 11 is 0. The Kier molecular flexibility index (Phi) is 4.35. The quantitative estimate of drug-likeness (QED) is 0.513. The zero-order chi connectivity index (χ0) is 18.8. The van der Waals surface area contributed by atoms with Gasteiger partial charge in [-0.3, -0.25) is 4.79 Å². The van der Waals surface area contributed by atoms with Crippen LogP contribution in [0.4, 0.5) is 0 Å². The van der Waals surface area contributed by atoms with Gasteiger partial charge in [-0.15, -0.1) is 0 Å². The van der Waals surface area contributed by atoms with Crippen LogP contribution in [0.5, 0.6) is 0 Å². The van der Waals surface area contributed by atoms with Gasteiger partial charge in [0.05, 0.1) is 0 Å². The van der Waals surface area contributed by atoms with Crippen molar-refractivity contribution in [2.45, 2.75) is 6.54 Å². The van der Waals surface area contributed by atoms with Crippen LogP contribution in [-0.4, -0.2) is 10.5 Å². The van der Waals surface area contributed by atoms with E-state index in [0.29, 0.717) is 5.57 Å². The first-order chi connectivity index (χ1) is 13.1. The lowest BCUT2D eigenvalue weighted by Gasteiger charge is -2.08. The minimum absolute atomic E-state index is 0.334. The Balaban J connectivity index is 1.58. The summed E-state index contributed by atoms with van der Waals surface area (Å²) in [5.41, 5.74) is 11.2. The molecule has 1 heterocycles. The lowest BCUT2D eigenvalue weighted by atomic mass is 10.0. The van der Waals surface area contributed by atoms with Crippen LogP contribution < -0.4 is 5.73 Å². The van der Waals surface area contributed by atoms with Crippen LogP contribution in [0.3, 0.4) is 0 Å². The molecule has 0 saturated carbocycles. The molecule has 2 N–H and O–H groups in total. The van der Waals surface area contributed by atoms with Gasteiger partial charge in [0, 0.05) is 29.2 Å². The highest BCUT2D eigenvalue weighted by molar-refractivity contribution is 6.18. The predicted molar refractivity (Wildman–Crippen MR) is 111 cm³/mol. The van der Waals surface area contributed by atoms with Crippen molar-refractivity contribution in [2.24, 2.45) is 5.73 Å². The third-order valence-corrected chi connectivity index (χ3v) is 4.83. The van der Waals surface area contributed by atoms with Crippen molar-refractivity contribution in [3.8, 4) is 11.1 Å². The maximum atomic E-state index is 11.3. The van der Waals surface area contributed by atoms with E-state index in [1.54, 1.807) is 0 Å². The molecule has 3 aromatic carbocycles. The number of primary amides is 1. The number of carbonyl (C=O) groups is 1. The first kappa shape index (κ1) is 16.9. The van der Waals surface area contributed by atoms with Gasteiger partial charge in [0.15, 0.2) is 0 Å². The zero-order valence-electron chi connectivity index (χ0n) is 14.9. The lowest BCUT2D eigenvalue weighted by Crippen LogP contribution is -2.11. The molecule has 0 unspecified atom stereocenters. The van der Waals surface area contributed by atoms with Crippen LogP contribution >= 0.6 is 0 Å². The van der Waals surface area contributed by atoms with E-state index in [1.165, 1.54) is 16.7 Å². The first-order valence-corrected chi connectivity index (χ1v) is 8.84. The van der Waals surface area contributed by atoms with E-state index in [-0.39, 0.29) is 0 Å². The molecule has 3 heteroatoms. The molecule has 1 amide bonds. The van der Waals surface area contributed by atoms with Crippen molar-refractivity contribution in [3.05, 3.63) is 103 Å². The third-order valence-electron chi connectivity index (χ3n) is 4.83. The van der Waals surface area contributed by atoms with Crippen molar-refractivity contribution in [1.82, 2.24) is 4.57 Å². The van der Waals surface area contributed by atoms with Crippen LogP contribution in [0.1, 0.15) is 11.1 Å². The molecule has 27 heavy (non-hydrogen) atoms. The Hall–Kier alpha value is -3.59. The van der Waals surface area contributed by atoms with E-state index in [9.17, 15) is 4.79 Å². The van der Waals surface area contributed by atoms with Gasteiger partial charge < -0.3 is 10.3 Å². The van der Waals surface area contributed by atoms with Gasteiger partial charge in [0.1, 0.15) is 0 Å². The summed E-state index contributed by atoms with van der Waals surface area (Å²) in [6.07, 6.45) is 2.06. The molecule has 0 saturated heterocycles. The average Bonchev–Trinajstić information content (AvgIpc) is 3.10. The minimum Gasteiger partial charge on any atom is -0.366 e. The van der Waals surface area contributed by atoms with E-state index in [0.717, 1.165) is 23.0 Å². The number of fused-ring (bicyclic) bond motifs is 1. The molecular weight excluding hydrogens is 332 g/mol. The number of amides is 1. The molecule has 0 aliphatic heterocycles. The molecule has 0 atom stereocenters. The van der Waals surface area contributed by atoms with E-state index in [1.807, 2.05) is 30.3 Å². The van der Waals surface area contributed by atoms with Crippen LogP contribution in [0.2, 0.25) is 0 Å². The second-order valence-electron chi connectivity index (χ2n) is 6.62. The number of carbonyl (C=O) groups excluding carboxylic acids is 1. The fraction of sp³-hybridized carbons (Fsp3) is 0.0417. The Morgan fingerprint density at radius 3 is 2.30 bits per heavy atom. The van der Waals surface area contributed by atoms with Gasteiger partial charge in [0.25, 0.3) is 0 Å². The highest BCUT2D eigenvalue weighted by atomic mass is 16.1. The summed E-state index contributed by atoms with van der Waals surface area (Å²) in [7, 11) is 0. The summed E-state index contributed by atoms with van der Waals surface area (Å²) in [4.78, 5) is 11.3. The molecule has 0 fully saturated rings. The summed E-state index contributed by atoms with van der Waals surface area (Å²) in [5, 5.41) is 1.07. The van der Waals surface area contributed by atoms with Crippen molar-refractivity contribution < 1.29 is 4.79 Å². The highest BCUT2D eigenvalue weighted by Gasteiger charge is 2.08. The summed E-state index contributed by atoms with van der Waals surface area (Å²) in [6.45, 7) is 4.54. The largest absolute Gasteiger partial charge is 0.366 e. The monoisotopic (exact) mass is 352 g/mol. The maximum absolute atomic E-state index is 11.3. The van der Waals surface area contributed by atoms with E-state index in [2.05, 4.69) is 65.9 Å². The normalized spacial score (nSPS) is 10.8. The molecule has 4 aromatic rings. The summed E-state index contributed by atoms with van der Waals surface area (Å²) < 4.78 is 2.20. The summed E-state index contributed by atoms with van der Waals surface area (Å²) in [5.74, 6) is -0.493. The third kappa shape index (κ3) is 3.40. The Bertz CT molecular complexity index is 1120. The van der Waals surface area contributed by atoms with Gasteiger partial charge in [-0.1, -0.05) is 67.2 Å². The summed E-state index contributed by atoms with van der Waals surface area (Å²) in [6, 6.07) is 26.9. The van der Waals surface area contributed by atoms with Crippen molar-refractivity contribution in [2.75, 3.05) is 0 Å². The molecule has 0 bridgehead atoms. The Labute approximate surface area is 158 Å². The number of benzene rings is 3. The molecule has 4 rings (SSSR count). The predicted octanol–water partition coefficient (Wildman–Crippen LogP) is 4.86. The van der Waals surface area contributed by atoms with E-state index < -0.39 is 5.91 Å². The van der Waals surface area contributed by atoms with Crippen LogP contribution in [-0.2, 0) is 11.3 Å². The number of nitrogens with zero attached hydrogens (tertiary/aromatic N) is 1. The van der Waals surface area contributed by atoms with Gasteiger partial charge in [-0.25, -0.2) is 0 Å². The van der Waals surface area contributed by atoms with Crippen LogP contribution in [0.15, 0.2) is 91.6 Å². The number of hydrogen-bond donors (Lipinski definition) is 1. The van der Waals surface area contributed by atoms with Crippen molar-refractivity contribution in [1.29, 1.82) is 0 Å². The topological polar surface area (TPSA) is 48.0 Å². The standard InChI is InChI=1S/C24H20N2O/c1-17(24(25)27)21-11-12-23-22(15-21)13-14-26(23)16-18-7-9-20(10-8-18)19-5-3-2-4-6-19/h2-15H,1,16H2,(H2,25,27). The fourth-order valence-electron chi connectivity index (χ4n) is 3.30. The Morgan fingerprint density at radius 1 is 0.889 bits per heavy atom. The highest BCUT2D eigenvalue weighted by Crippen LogP contribution is 2.24. The fourth-order valence-corrected chi connectivity index (χ4v) is 3.30. The SMILES string of the molecule is C=C(C(N)=O)c1ccc2c(ccn2Cc2ccc(-c3ccccc3)cc2)c1. The second-order valence-corrected chi connectivity index (χ2v) is 6.62. The molecule has 0 radical (unpaired) electrons. The zero-order valence-corrected chi connectivity index (χ0v) is 14.9. The molecule has 132 valence electrons. The van der Waals surface area contributed by atoms with Crippen molar-refractivity contribution >= 4 is 22.4 Å². The molecule has 0 aliphatic rings. The Morgan fingerprint density at radius 2 is 1.59 bits per heavy atom. The number of nitrogens with two attached hydrogens (primary N) is 1. The van der Waals surface area contributed by atoms with Gasteiger partial charge >= 0.3 is 0 Å². The number of aromatic nitrogens is 1. The number of rotatable bonds is 5. The first-order valence-electron chi connectivity index (χ1n) is 8.84. The van der Waals surface area contributed by atoms with Gasteiger partial charge in [-0.05, 0) is 40.5 Å². The van der Waals surface area contributed by atoms with Crippen LogP contribution in [0.25, 0.3) is 27.6 Å². The molecular formula is C24H20N2O. The van der Waals surface area contributed by atoms with Gasteiger partial charge in [0.2, 0.25) is 5.91 Å². The minimum atomic E-state index is -0.493. The van der Waals surface area contributed by atoms with E-state index >= 15 is 0 Å². The van der Waals surface area contributed by atoms with Gasteiger partial charge in [-0.2, -0.15) is 0 Å². The lowest BCUT2D eigenvalue weighted by molar-refractivity contribution is -0.112. The maximum Gasteiger partial charge on any atom is 0.248 e. The van der Waals surface area contributed by atoms with E-state index in [4.69, 9.17) is 5.73 Å². The average molecular weight is 352 g/mol. The molecule has 3 nitrogen and oxygen atoms in total. The second kappa shape index (κ2) is 6.96. The molecule has 0 aliphatic carbocycles. The smallest absolute Gasteiger partial charge is 0.248 e. The molecule has 0 spiro atoms.